The average molecular weight is 291 g/mol. The lowest BCUT2D eigenvalue weighted by Gasteiger charge is -2.12. The molecule has 6 heteroatoms. The minimum Gasteiger partial charge on any atom is -0.398 e. The zero-order valence-corrected chi connectivity index (χ0v) is 12.2. The molecule has 0 bridgehead atoms. The van der Waals surface area contributed by atoms with E-state index in [-0.39, 0.29) is 17.1 Å². The molecule has 0 atom stereocenters. The Labute approximate surface area is 118 Å². The van der Waals surface area contributed by atoms with Crippen molar-refractivity contribution in [1.82, 2.24) is 9.71 Å². The number of aromatic nitrogens is 1. The summed E-state index contributed by atoms with van der Waals surface area (Å²) in [6.07, 6.45) is 3.33. The van der Waals surface area contributed by atoms with Gasteiger partial charge in [-0.2, -0.15) is 0 Å². The molecule has 20 heavy (non-hydrogen) atoms. The monoisotopic (exact) mass is 291 g/mol. The Morgan fingerprint density at radius 2 is 1.95 bits per heavy atom. The molecule has 0 amide bonds. The van der Waals surface area contributed by atoms with Crippen molar-refractivity contribution < 1.29 is 8.42 Å². The van der Waals surface area contributed by atoms with Crippen molar-refractivity contribution in [1.29, 1.82) is 0 Å². The van der Waals surface area contributed by atoms with Crippen molar-refractivity contribution >= 4 is 15.7 Å². The smallest absolute Gasteiger partial charge is 0.243 e. The van der Waals surface area contributed by atoms with E-state index in [0.717, 1.165) is 11.1 Å². The van der Waals surface area contributed by atoms with Crippen LogP contribution in [0.4, 0.5) is 5.69 Å². The van der Waals surface area contributed by atoms with Crippen LogP contribution >= 0.6 is 0 Å². The first kappa shape index (κ1) is 14.5. The summed E-state index contributed by atoms with van der Waals surface area (Å²) in [7, 11) is -3.64. The molecule has 0 unspecified atom stereocenters. The maximum absolute atomic E-state index is 12.3. The van der Waals surface area contributed by atoms with Gasteiger partial charge in [0.1, 0.15) is 4.90 Å². The summed E-state index contributed by atoms with van der Waals surface area (Å²) >= 11 is 0. The molecule has 0 radical (unpaired) electrons. The second kappa shape index (κ2) is 5.60. The van der Waals surface area contributed by atoms with Gasteiger partial charge in [-0.25, -0.2) is 13.1 Å². The fourth-order valence-electron chi connectivity index (χ4n) is 1.97. The molecule has 3 N–H and O–H groups in total. The third kappa shape index (κ3) is 2.97. The molecular formula is C14H17N3O2S. The first-order chi connectivity index (χ1) is 9.42. The van der Waals surface area contributed by atoms with Crippen molar-refractivity contribution in [2.24, 2.45) is 0 Å². The van der Waals surface area contributed by atoms with Gasteiger partial charge in [-0.3, -0.25) is 4.98 Å². The summed E-state index contributed by atoms with van der Waals surface area (Å²) < 4.78 is 27.3. The number of aryl methyl sites for hydroxylation is 2. The van der Waals surface area contributed by atoms with Crippen LogP contribution in [-0.2, 0) is 16.6 Å². The van der Waals surface area contributed by atoms with Gasteiger partial charge >= 0.3 is 0 Å². The number of anilines is 1. The molecule has 5 nitrogen and oxygen atoms in total. The lowest BCUT2D eigenvalue weighted by atomic mass is 10.2. The number of hydrogen-bond donors (Lipinski definition) is 2. The van der Waals surface area contributed by atoms with Crippen LogP contribution in [0.15, 0.2) is 41.6 Å². The Morgan fingerprint density at radius 3 is 2.60 bits per heavy atom. The largest absolute Gasteiger partial charge is 0.398 e. The normalized spacial score (nSPS) is 11.5. The summed E-state index contributed by atoms with van der Waals surface area (Å²) in [6, 6.07) is 6.87. The summed E-state index contributed by atoms with van der Waals surface area (Å²) in [5, 5.41) is 0. The Kier molecular flexibility index (Phi) is 4.06. The number of pyridine rings is 1. The number of benzene rings is 1. The third-order valence-corrected chi connectivity index (χ3v) is 4.73. The lowest BCUT2D eigenvalue weighted by molar-refractivity contribution is 0.581. The van der Waals surface area contributed by atoms with Gasteiger partial charge in [0.25, 0.3) is 0 Å². The Morgan fingerprint density at radius 1 is 1.20 bits per heavy atom. The molecule has 2 rings (SSSR count). The van der Waals surface area contributed by atoms with Crippen molar-refractivity contribution in [3.8, 4) is 0 Å². The topological polar surface area (TPSA) is 85.1 Å². The van der Waals surface area contributed by atoms with E-state index in [4.69, 9.17) is 5.73 Å². The fraction of sp³-hybridized carbons (Fsp3) is 0.214. The molecule has 0 fully saturated rings. The van der Waals surface area contributed by atoms with E-state index in [0.29, 0.717) is 5.56 Å². The van der Waals surface area contributed by atoms with Crippen LogP contribution < -0.4 is 10.5 Å². The summed E-state index contributed by atoms with van der Waals surface area (Å²) in [5.41, 5.74) is 8.47. The quantitative estimate of drug-likeness (QED) is 0.841. The molecule has 2 aromatic rings. The molecule has 106 valence electrons. The van der Waals surface area contributed by atoms with Crippen LogP contribution in [-0.4, -0.2) is 13.4 Å². The maximum atomic E-state index is 12.3. The molecule has 0 aliphatic carbocycles. The highest BCUT2D eigenvalue weighted by molar-refractivity contribution is 7.89. The van der Waals surface area contributed by atoms with Crippen LogP contribution in [0.25, 0.3) is 0 Å². The second-order valence-corrected chi connectivity index (χ2v) is 6.32. The van der Waals surface area contributed by atoms with Crippen molar-refractivity contribution in [3.05, 3.63) is 53.3 Å². The summed E-state index contributed by atoms with van der Waals surface area (Å²) in [6.45, 7) is 3.82. The van der Waals surface area contributed by atoms with Crippen molar-refractivity contribution in [3.63, 3.8) is 0 Å². The van der Waals surface area contributed by atoms with E-state index in [2.05, 4.69) is 9.71 Å². The summed E-state index contributed by atoms with van der Waals surface area (Å²) in [5.74, 6) is 0. The lowest BCUT2D eigenvalue weighted by Crippen LogP contribution is -2.25. The third-order valence-electron chi connectivity index (χ3n) is 3.11. The molecule has 1 aromatic carbocycles. The zero-order chi connectivity index (χ0) is 14.8. The van der Waals surface area contributed by atoms with E-state index < -0.39 is 10.0 Å². The van der Waals surface area contributed by atoms with Crippen molar-refractivity contribution in [2.45, 2.75) is 25.3 Å². The number of nitrogens with zero attached hydrogens (tertiary/aromatic N) is 1. The highest BCUT2D eigenvalue weighted by Gasteiger charge is 2.19. The van der Waals surface area contributed by atoms with E-state index in [1.54, 1.807) is 37.5 Å². The Hall–Kier alpha value is -1.92. The number of nitrogens with one attached hydrogen (secondary N) is 1. The number of nitrogen functional groups attached to an aromatic ring is 1. The van der Waals surface area contributed by atoms with Crippen LogP contribution in [0.2, 0.25) is 0 Å². The molecule has 0 spiro atoms. The van der Waals surface area contributed by atoms with Gasteiger partial charge < -0.3 is 5.73 Å². The predicted octanol–water partition coefficient (Wildman–Crippen LogP) is 1.76. The Bertz CT molecular complexity index is 707. The van der Waals surface area contributed by atoms with Gasteiger partial charge in [0.2, 0.25) is 10.0 Å². The molecular weight excluding hydrogens is 274 g/mol. The van der Waals surface area contributed by atoms with E-state index in [1.807, 2.05) is 13.0 Å². The SMILES string of the molecule is Cc1ccncc1CNS(=O)(=O)c1c(C)cccc1N. The molecule has 0 aliphatic heterocycles. The van der Waals surface area contributed by atoms with Gasteiger partial charge in [0, 0.05) is 18.9 Å². The molecule has 1 heterocycles. The second-order valence-electron chi connectivity index (χ2n) is 4.62. The summed E-state index contributed by atoms with van der Waals surface area (Å²) in [4.78, 5) is 4.13. The number of rotatable bonds is 4. The van der Waals surface area contributed by atoms with E-state index in [1.165, 1.54) is 0 Å². The maximum Gasteiger partial charge on any atom is 0.243 e. The van der Waals surface area contributed by atoms with Gasteiger partial charge in [0.15, 0.2) is 0 Å². The highest BCUT2D eigenvalue weighted by atomic mass is 32.2. The minimum absolute atomic E-state index is 0.140. The van der Waals surface area contributed by atoms with Gasteiger partial charge in [-0.15, -0.1) is 0 Å². The van der Waals surface area contributed by atoms with Crippen molar-refractivity contribution in [2.75, 3.05) is 5.73 Å². The first-order valence-electron chi connectivity index (χ1n) is 6.16. The number of hydrogen-bond acceptors (Lipinski definition) is 4. The molecule has 1 aromatic heterocycles. The van der Waals surface area contributed by atoms with Gasteiger partial charge in [-0.05, 0) is 42.7 Å². The van der Waals surface area contributed by atoms with Crippen LogP contribution in [0.5, 0.6) is 0 Å². The highest BCUT2D eigenvalue weighted by Crippen LogP contribution is 2.22. The van der Waals surface area contributed by atoms with Crippen LogP contribution in [0.1, 0.15) is 16.7 Å². The number of sulfonamides is 1. The predicted molar refractivity (Wildman–Crippen MR) is 78.6 cm³/mol. The van der Waals surface area contributed by atoms with E-state index >= 15 is 0 Å². The first-order valence-corrected chi connectivity index (χ1v) is 7.64. The minimum atomic E-state index is -3.64. The number of nitrogens with two attached hydrogens (primary N) is 1. The standard InChI is InChI=1S/C14H17N3O2S/c1-10-6-7-16-8-12(10)9-17-20(18,19)14-11(2)4-3-5-13(14)15/h3-8,17H,9,15H2,1-2H3. The van der Waals surface area contributed by atoms with Gasteiger partial charge in [-0.1, -0.05) is 12.1 Å². The average Bonchev–Trinajstić information content (AvgIpc) is 2.37. The van der Waals surface area contributed by atoms with E-state index in [9.17, 15) is 8.42 Å². The molecule has 0 saturated heterocycles. The van der Waals surface area contributed by atoms with Gasteiger partial charge in [0.05, 0.1) is 5.69 Å². The van der Waals surface area contributed by atoms with Crippen LogP contribution in [0, 0.1) is 13.8 Å². The van der Waals surface area contributed by atoms with Crippen LogP contribution in [0.3, 0.4) is 0 Å². The molecule has 0 aliphatic rings. The zero-order valence-electron chi connectivity index (χ0n) is 11.4. The Balaban J connectivity index is 2.27. The fourth-order valence-corrected chi connectivity index (χ4v) is 3.33. The molecule has 0 saturated carbocycles.